The molecule has 1 aromatic heterocycles. The van der Waals surface area contributed by atoms with E-state index in [0.717, 1.165) is 19.3 Å². The van der Waals surface area contributed by atoms with Crippen molar-refractivity contribution in [3.63, 3.8) is 0 Å². The van der Waals surface area contributed by atoms with Gasteiger partial charge in [0.15, 0.2) is 0 Å². The van der Waals surface area contributed by atoms with E-state index in [9.17, 15) is 0 Å². The largest absolute Gasteiger partial charge is 0.135 e. The first-order valence-corrected chi connectivity index (χ1v) is 11.2. The SMILES string of the molecule is C1=CC2=C(CC1)c1ccc3c(c4c(c5c6ccccc6sc35)CCC=C4)c1C2. The summed E-state index contributed by atoms with van der Waals surface area (Å²) in [7, 11) is 0. The zero-order valence-corrected chi connectivity index (χ0v) is 16.5. The van der Waals surface area contributed by atoms with E-state index < -0.39 is 0 Å². The Morgan fingerprint density at radius 3 is 2.64 bits per heavy atom. The predicted octanol–water partition coefficient (Wildman–Crippen LogP) is 7.83. The van der Waals surface area contributed by atoms with Crippen LogP contribution in [0, 0.1) is 0 Å². The van der Waals surface area contributed by atoms with Crippen LogP contribution in [0.5, 0.6) is 0 Å². The van der Waals surface area contributed by atoms with Gasteiger partial charge in [-0.1, -0.05) is 54.6 Å². The smallest absolute Gasteiger partial charge is 0.0437 e. The van der Waals surface area contributed by atoms with Crippen molar-refractivity contribution in [3.8, 4) is 0 Å². The Kier molecular flexibility index (Phi) is 2.98. The highest BCUT2D eigenvalue weighted by molar-refractivity contribution is 7.26. The first-order chi connectivity index (χ1) is 13.9. The lowest BCUT2D eigenvalue weighted by atomic mass is 9.85. The molecule has 1 heteroatoms. The second-order valence-corrected chi connectivity index (χ2v) is 9.32. The van der Waals surface area contributed by atoms with E-state index in [1.807, 2.05) is 11.3 Å². The van der Waals surface area contributed by atoms with Gasteiger partial charge in [-0.2, -0.15) is 0 Å². The van der Waals surface area contributed by atoms with E-state index in [1.54, 1.807) is 22.3 Å². The highest BCUT2D eigenvalue weighted by Gasteiger charge is 2.27. The van der Waals surface area contributed by atoms with E-state index in [-0.39, 0.29) is 0 Å². The van der Waals surface area contributed by atoms with Crippen molar-refractivity contribution in [2.45, 2.75) is 32.1 Å². The monoisotopic (exact) mass is 376 g/mol. The van der Waals surface area contributed by atoms with E-state index >= 15 is 0 Å². The molecule has 28 heavy (non-hydrogen) atoms. The van der Waals surface area contributed by atoms with Crippen LogP contribution < -0.4 is 0 Å². The van der Waals surface area contributed by atoms with Gasteiger partial charge in [0.25, 0.3) is 0 Å². The molecule has 134 valence electrons. The van der Waals surface area contributed by atoms with Crippen LogP contribution in [0.4, 0.5) is 0 Å². The lowest BCUT2D eigenvalue weighted by Crippen LogP contribution is -1.99. The molecule has 3 aliphatic carbocycles. The van der Waals surface area contributed by atoms with Crippen LogP contribution in [0.1, 0.15) is 41.5 Å². The molecule has 0 spiro atoms. The molecular formula is C27H20S. The summed E-state index contributed by atoms with van der Waals surface area (Å²) in [4.78, 5) is 0. The van der Waals surface area contributed by atoms with Gasteiger partial charge in [-0.3, -0.25) is 0 Å². The van der Waals surface area contributed by atoms with Crippen LogP contribution in [-0.2, 0) is 12.8 Å². The van der Waals surface area contributed by atoms with Crippen LogP contribution in [0.15, 0.2) is 60.2 Å². The van der Waals surface area contributed by atoms with Crippen LogP contribution in [-0.4, -0.2) is 0 Å². The Hall–Kier alpha value is -2.64. The summed E-state index contributed by atoms with van der Waals surface area (Å²) in [6.45, 7) is 0. The van der Waals surface area contributed by atoms with Gasteiger partial charge >= 0.3 is 0 Å². The van der Waals surface area contributed by atoms with Crippen molar-refractivity contribution < 1.29 is 0 Å². The third kappa shape index (κ3) is 1.85. The molecule has 1 heterocycles. The Morgan fingerprint density at radius 1 is 0.750 bits per heavy atom. The Bertz CT molecular complexity index is 1420. The summed E-state index contributed by atoms with van der Waals surface area (Å²) < 4.78 is 2.91. The van der Waals surface area contributed by atoms with E-state index in [4.69, 9.17) is 0 Å². The number of hydrogen-bond donors (Lipinski definition) is 0. The first kappa shape index (κ1) is 15.3. The summed E-state index contributed by atoms with van der Waals surface area (Å²) in [6, 6.07) is 13.8. The van der Waals surface area contributed by atoms with Crippen molar-refractivity contribution in [2.75, 3.05) is 0 Å². The number of benzene rings is 3. The lowest BCUT2D eigenvalue weighted by molar-refractivity contribution is 1.00. The summed E-state index contributed by atoms with van der Waals surface area (Å²) in [5.41, 5.74) is 9.34. The minimum atomic E-state index is 1.11. The Morgan fingerprint density at radius 2 is 1.64 bits per heavy atom. The zero-order chi connectivity index (χ0) is 18.2. The lowest BCUT2D eigenvalue weighted by Gasteiger charge is -2.19. The average Bonchev–Trinajstić information content (AvgIpc) is 3.32. The second kappa shape index (κ2) is 5.46. The number of fused-ring (bicyclic) bond motifs is 11. The number of aryl methyl sites for hydroxylation is 1. The molecule has 0 saturated carbocycles. The number of allylic oxidation sites excluding steroid dienone is 5. The molecule has 0 bridgehead atoms. The normalized spacial score (nSPS) is 17.6. The predicted molar refractivity (Wildman–Crippen MR) is 123 cm³/mol. The molecule has 0 nitrogen and oxygen atoms in total. The second-order valence-electron chi connectivity index (χ2n) is 8.27. The Labute approximate surface area is 168 Å². The van der Waals surface area contributed by atoms with Gasteiger partial charge in [0, 0.05) is 25.6 Å². The van der Waals surface area contributed by atoms with Crippen LogP contribution >= 0.6 is 11.3 Å². The third-order valence-corrected chi connectivity index (χ3v) is 8.06. The summed E-state index contributed by atoms with van der Waals surface area (Å²) in [6.07, 6.45) is 15.3. The van der Waals surface area contributed by atoms with Crippen molar-refractivity contribution in [2.24, 2.45) is 0 Å². The van der Waals surface area contributed by atoms with Gasteiger partial charge in [0.1, 0.15) is 0 Å². The molecule has 0 atom stereocenters. The summed E-state index contributed by atoms with van der Waals surface area (Å²) >= 11 is 1.98. The molecular weight excluding hydrogens is 356 g/mol. The fraction of sp³-hybridized carbons (Fsp3) is 0.185. The van der Waals surface area contributed by atoms with E-state index in [0.29, 0.717) is 0 Å². The van der Waals surface area contributed by atoms with Crippen LogP contribution in [0.2, 0.25) is 0 Å². The molecule has 3 aliphatic rings. The molecule has 0 saturated heterocycles. The summed E-state index contributed by atoms with van der Waals surface area (Å²) in [5, 5.41) is 5.95. The van der Waals surface area contributed by atoms with Crippen molar-refractivity contribution in [3.05, 3.63) is 82.5 Å². The zero-order valence-electron chi connectivity index (χ0n) is 15.7. The van der Waals surface area contributed by atoms with Gasteiger partial charge in [-0.25, -0.2) is 0 Å². The van der Waals surface area contributed by atoms with Crippen LogP contribution in [0.3, 0.4) is 0 Å². The summed E-state index contributed by atoms with van der Waals surface area (Å²) in [5.74, 6) is 0. The fourth-order valence-electron chi connectivity index (χ4n) is 5.68. The maximum absolute atomic E-state index is 2.42. The minimum Gasteiger partial charge on any atom is -0.135 e. The van der Waals surface area contributed by atoms with E-state index in [2.05, 4.69) is 60.7 Å². The molecule has 0 N–H and O–H groups in total. The van der Waals surface area contributed by atoms with E-state index in [1.165, 1.54) is 54.9 Å². The highest BCUT2D eigenvalue weighted by atomic mass is 32.1. The van der Waals surface area contributed by atoms with Crippen molar-refractivity contribution >= 4 is 53.9 Å². The maximum atomic E-state index is 2.42. The average molecular weight is 377 g/mol. The van der Waals surface area contributed by atoms with Gasteiger partial charge < -0.3 is 0 Å². The molecule has 0 unspecified atom stereocenters. The van der Waals surface area contributed by atoms with Gasteiger partial charge in [0.2, 0.25) is 0 Å². The van der Waals surface area contributed by atoms with Gasteiger partial charge in [-0.15, -0.1) is 11.3 Å². The molecule has 0 radical (unpaired) electrons. The molecule has 7 rings (SSSR count). The molecule has 4 aromatic rings. The molecule has 0 fully saturated rings. The fourth-order valence-corrected chi connectivity index (χ4v) is 6.94. The van der Waals surface area contributed by atoms with Gasteiger partial charge in [-0.05, 0) is 77.0 Å². The van der Waals surface area contributed by atoms with Crippen molar-refractivity contribution in [1.29, 1.82) is 0 Å². The number of rotatable bonds is 0. The standard InChI is InChI=1S/C27H20S/c1-2-8-17-16(7-1)15-23-18(17)13-14-22-25(23)19-9-3-4-10-20(19)26-21-11-5-6-12-24(21)28-27(22)26/h1,3,5-7,9,11-14H,2,4,8,10,15H2. The maximum Gasteiger partial charge on any atom is 0.0437 e. The number of thiophene rings is 1. The van der Waals surface area contributed by atoms with Crippen LogP contribution in [0.25, 0.3) is 42.6 Å². The number of hydrogen-bond acceptors (Lipinski definition) is 1. The highest BCUT2D eigenvalue weighted by Crippen LogP contribution is 2.49. The first-order valence-electron chi connectivity index (χ1n) is 10.4. The molecule has 0 amide bonds. The minimum absolute atomic E-state index is 1.11. The van der Waals surface area contributed by atoms with Crippen molar-refractivity contribution in [1.82, 2.24) is 0 Å². The molecule has 3 aromatic carbocycles. The topological polar surface area (TPSA) is 0 Å². The van der Waals surface area contributed by atoms with Gasteiger partial charge in [0.05, 0.1) is 0 Å². The Balaban J connectivity index is 1.68. The quantitative estimate of drug-likeness (QED) is 0.293. The third-order valence-electron chi connectivity index (χ3n) is 6.85. The molecule has 0 aliphatic heterocycles.